The second-order valence-electron chi connectivity index (χ2n) is 9.71. The molecule has 0 aliphatic heterocycles. The Kier molecular flexibility index (Phi) is 6.95. The lowest BCUT2D eigenvalue weighted by Gasteiger charge is -2.31. The topological polar surface area (TPSA) is 75.4 Å². The van der Waals surface area contributed by atoms with Crippen molar-refractivity contribution in [1.82, 2.24) is 14.1 Å². The highest BCUT2D eigenvalue weighted by atomic mass is 32.2. The first-order valence-corrected chi connectivity index (χ1v) is 13.8. The number of aliphatic hydroxyl groups is 1. The lowest BCUT2D eigenvalue weighted by atomic mass is 9.80. The van der Waals surface area contributed by atoms with Gasteiger partial charge in [-0.1, -0.05) is 30.2 Å². The summed E-state index contributed by atoms with van der Waals surface area (Å²) >= 11 is 0. The molecule has 0 unspecified atom stereocenters. The molecule has 202 valence electrons. The predicted octanol–water partition coefficient (Wildman–Crippen LogP) is 5.08. The highest BCUT2D eigenvalue weighted by Crippen LogP contribution is 2.48. The number of nitrogens with zero attached hydrogens (tertiary/aromatic N) is 3. The molecule has 2 aromatic carbocycles. The van der Waals surface area contributed by atoms with Gasteiger partial charge in [0.25, 0.3) is 0 Å². The summed E-state index contributed by atoms with van der Waals surface area (Å²) in [6.45, 7) is 1.16. The first-order chi connectivity index (χ1) is 18.0. The van der Waals surface area contributed by atoms with Crippen LogP contribution in [0.2, 0.25) is 0 Å². The van der Waals surface area contributed by atoms with Crippen molar-refractivity contribution in [1.29, 1.82) is 0 Å². The highest BCUT2D eigenvalue weighted by Gasteiger charge is 2.41. The molecule has 3 aromatic rings. The van der Waals surface area contributed by atoms with Crippen molar-refractivity contribution in [2.24, 2.45) is 5.92 Å². The summed E-state index contributed by atoms with van der Waals surface area (Å²) in [5.74, 6) is -0.620. The molecule has 0 spiro atoms. The molecule has 2 aliphatic rings. The molecule has 0 fully saturated rings. The third-order valence-corrected chi connectivity index (χ3v) is 9.44. The predicted molar refractivity (Wildman–Crippen MR) is 133 cm³/mol. The molecule has 0 saturated carbocycles. The maximum absolute atomic E-state index is 13.6. The van der Waals surface area contributed by atoms with E-state index in [0.29, 0.717) is 12.8 Å². The van der Waals surface area contributed by atoms with Crippen LogP contribution in [-0.4, -0.2) is 47.3 Å². The van der Waals surface area contributed by atoms with Gasteiger partial charge in [0.1, 0.15) is 5.82 Å². The largest absolute Gasteiger partial charge is 0.417 e. The molecule has 1 aromatic heterocycles. The molecule has 0 amide bonds. The minimum atomic E-state index is -4.84. The number of hydrogen-bond donors (Lipinski definition) is 1. The van der Waals surface area contributed by atoms with E-state index >= 15 is 0 Å². The number of allylic oxidation sites excluding steroid dienone is 1. The zero-order valence-corrected chi connectivity index (χ0v) is 21.4. The summed E-state index contributed by atoms with van der Waals surface area (Å²) in [7, 11) is -4.53. The maximum Gasteiger partial charge on any atom is 0.417 e. The van der Waals surface area contributed by atoms with Gasteiger partial charge in [0, 0.05) is 31.0 Å². The Hall–Kier alpha value is -3.02. The molecule has 6 nitrogen and oxygen atoms in total. The Morgan fingerprint density at radius 1 is 1.13 bits per heavy atom. The van der Waals surface area contributed by atoms with Crippen molar-refractivity contribution >= 4 is 10.0 Å². The molecule has 0 radical (unpaired) electrons. The van der Waals surface area contributed by atoms with Crippen LogP contribution in [0.5, 0.6) is 0 Å². The summed E-state index contributed by atoms with van der Waals surface area (Å²) in [6.07, 6.45) is -1.08. The number of sulfonamides is 1. The molecule has 5 rings (SSSR count). The summed E-state index contributed by atoms with van der Waals surface area (Å²) in [5.41, 5.74) is 3.73. The van der Waals surface area contributed by atoms with E-state index in [1.165, 1.54) is 18.2 Å². The molecule has 0 bridgehead atoms. The summed E-state index contributed by atoms with van der Waals surface area (Å²) in [6, 6.07) is 10.2. The van der Waals surface area contributed by atoms with Gasteiger partial charge in [0.15, 0.2) is 0 Å². The van der Waals surface area contributed by atoms with E-state index in [1.54, 1.807) is 23.0 Å². The van der Waals surface area contributed by atoms with Gasteiger partial charge in [-0.3, -0.25) is 0 Å². The van der Waals surface area contributed by atoms with Crippen LogP contribution >= 0.6 is 0 Å². The van der Waals surface area contributed by atoms with Gasteiger partial charge in [-0.25, -0.2) is 17.5 Å². The van der Waals surface area contributed by atoms with Crippen LogP contribution in [0.15, 0.2) is 70.8 Å². The van der Waals surface area contributed by atoms with Crippen LogP contribution in [-0.2, 0) is 22.6 Å². The fraction of sp³-hybridized carbons (Fsp3) is 0.370. The normalized spacial score (nSPS) is 19.7. The van der Waals surface area contributed by atoms with Gasteiger partial charge < -0.3 is 5.11 Å². The Bertz CT molecular complexity index is 1480. The van der Waals surface area contributed by atoms with Crippen LogP contribution in [0, 0.1) is 11.7 Å². The zero-order valence-electron chi connectivity index (χ0n) is 20.6. The van der Waals surface area contributed by atoms with E-state index in [9.17, 15) is 31.1 Å². The monoisotopic (exact) mass is 549 g/mol. The van der Waals surface area contributed by atoms with E-state index < -0.39 is 33.3 Å². The molecular formula is C27H27F4N3O3S. The average Bonchev–Trinajstić information content (AvgIpc) is 3.49. The SMILES string of the molecule is C[C@@H]1C2=C(CC[C@@H]2CN(CCO)S(=O)(=O)c2ccccc2C(F)(F)F)Cc2c1cnn2-c1ccc(F)cc1. The fourth-order valence-electron chi connectivity index (χ4n) is 5.81. The van der Waals surface area contributed by atoms with E-state index in [0.717, 1.165) is 57.0 Å². The maximum atomic E-state index is 13.6. The number of aromatic nitrogens is 2. The summed E-state index contributed by atoms with van der Waals surface area (Å²) in [5, 5.41) is 14.1. The Morgan fingerprint density at radius 3 is 2.53 bits per heavy atom. The minimum absolute atomic E-state index is 0.0281. The second kappa shape index (κ2) is 9.94. The quantitative estimate of drug-likeness (QED) is 0.330. The summed E-state index contributed by atoms with van der Waals surface area (Å²) < 4.78 is 84.0. The minimum Gasteiger partial charge on any atom is -0.395 e. The fourth-order valence-corrected chi connectivity index (χ4v) is 7.50. The number of aliphatic hydroxyl groups excluding tert-OH is 1. The van der Waals surface area contributed by atoms with Crippen molar-refractivity contribution < 1.29 is 31.1 Å². The zero-order chi connectivity index (χ0) is 27.2. The molecule has 38 heavy (non-hydrogen) atoms. The number of fused-ring (bicyclic) bond motifs is 1. The van der Waals surface area contributed by atoms with Gasteiger partial charge in [-0.2, -0.15) is 22.6 Å². The number of halogens is 4. The smallest absolute Gasteiger partial charge is 0.395 e. The van der Waals surface area contributed by atoms with Gasteiger partial charge >= 0.3 is 6.18 Å². The Labute approximate surface area is 218 Å². The van der Waals surface area contributed by atoms with Crippen molar-refractivity contribution in [3.8, 4) is 5.69 Å². The number of benzene rings is 2. The van der Waals surface area contributed by atoms with E-state index in [1.807, 2.05) is 6.92 Å². The molecule has 1 N–H and O–H groups in total. The highest BCUT2D eigenvalue weighted by molar-refractivity contribution is 7.89. The van der Waals surface area contributed by atoms with Crippen LogP contribution in [0.25, 0.3) is 5.69 Å². The molecule has 2 aliphatic carbocycles. The van der Waals surface area contributed by atoms with E-state index in [2.05, 4.69) is 5.10 Å². The first kappa shape index (κ1) is 26.6. The molecule has 11 heteroatoms. The molecule has 1 heterocycles. The van der Waals surface area contributed by atoms with Crippen LogP contribution in [0.3, 0.4) is 0 Å². The Morgan fingerprint density at radius 2 is 1.84 bits per heavy atom. The third kappa shape index (κ3) is 4.67. The standard InChI is InChI=1S/C27H27F4N3O3S/c1-17-22-15-32-34(21-10-8-20(28)9-11-21)24(22)14-18-6-7-19(26(17)18)16-33(12-13-35)38(36,37)25-5-3-2-4-23(25)27(29,30)31/h2-5,8-11,15,17,19,35H,6-7,12-14,16H2,1H3/t17-,19+/m0/s1. The van der Waals surface area contributed by atoms with Gasteiger partial charge in [0.05, 0.1) is 34.6 Å². The number of hydrogen-bond acceptors (Lipinski definition) is 4. The van der Waals surface area contributed by atoms with Gasteiger partial charge in [-0.15, -0.1) is 0 Å². The van der Waals surface area contributed by atoms with Crippen molar-refractivity contribution in [3.05, 3.63) is 88.5 Å². The van der Waals surface area contributed by atoms with Crippen molar-refractivity contribution in [2.45, 2.75) is 43.2 Å². The lowest BCUT2D eigenvalue weighted by molar-refractivity contribution is -0.139. The van der Waals surface area contributed by atoms with E-state index in [4.69, 9.17) is 0 Å². The summed E-state index contributed by atoms with van der Waals surface area (Å²) in [4.78, 5) is -0.812. The number of alkyl halides is 3. The molecule has 0 saturated heterocycles. The average molecular weight is 550 g/mol. The number of rotatable bonds is 7. The van der Waals surface area contributed by atoms with Crippen molar-refractivity contribution in [3.63, 3.8) is 0 Å². The first-order valence-electron chi connectivity index (χ1n) is 12.3. The van der Waals surface area contributed by atoms with Gasteiger partial charge in [-0.05, 0) is 55.2 Å². The van der Waals surface area contributed by atoms with E-state index in [-0.39, 0.29) is 30.7 Å². The second-order valence-corrected chi connectivity index (χ2v) is 11.6. The Balaban J connectivity index is 1.45. The molecule has 2 atom stereocenters. The third-order valence-electron chi connectivity index (χ3n) is 7.51. The van der Waals surface area contributed by atoms with Crippen molar-refractivity contribution in [2.75, 3.05) is 19.7 Å². The molecular weight excluding hydrogens is 522 g/mol. The van der Waals surface area contributed by atoms with Gasteiger partial charge in [0.2, 0.25) is 10.0 Å². The lowest BCUT2D eigenvalue weighted by Crippen LogP contribution is -2.38. The van der Waals surface area contributed by atoms with Crippen LogP contribution < -0.4 is 0 Å². The van der Waals surface area contributed by atoms with Crippen LogP contribution in [0.4, 0.5) is 17.6 Å². The van der Waals surface area contributed by atoms with Crippen LogP contribution in [0.1, 0.15) is 42.5 Å².